The lowest BCUT2D eigenvalue weighted by Crippen LogP contribution is -2.47. The molecule has 2 aliphatic heterocycles. The SMILES string of the molecule is CCN1CCOC(CS(=O)(=O)NC(=O)Nc2c3c(cc4c2CCC4)CCC3)C1.CCN1CCOC(CS(N)(=O)=O)C1.O=C=Nc1c2c(cc3c1CCC3)CCC2. The third kappa shape index (κ3) is 11.0. The first-order chi connectivity index (χ1) is 26.9. The number of carbonyl (C=O) groups is 1. The molecule has 0 radical (unpaired) electrons. The summed E-state index contributed by atoms with van der Waals surface area (Å²) in [7, 11) is -7.18. The molecule has 0 bridgehead atoms. The Morgan fingerprint density at radius 2 is 1.20 bits per heavy atom. The fourth-order valence-corrected chi connectivity index (χ4v) is 10.9. The molecule has 2 aromatic carbocycles. The number of urea groups is 1. The van der Waals surface area contributed by atoms with Gasteiger partial charge in [-0.05, 0) is 135 Å². The van der Waals surface area contributed by atoms with E-state index in [1.54, 1.807) is 6.08 Å². The van der Waals surface area contributed by atoms with Crippen LogP contribution in [0.25, 0.3) is 0 Å². The van der Waals surface area contributed by atoms with Crippen molar-refractivity contribution in [2.75, 3.05) is 69.3 Å². The van der Waals surface area contributed by atoms with Crippen LogP contribution in [0.3, 0.4) is 0 Å². The number of morpholine rings is 2. The Morgan fingerprint density at radius 3 is 1.64 bits per heavy atom. The van der Waals surface area contributed by atoms with Crippen LogP contribution in [0, 0.1) is 0 Å². The maximum Gasteiger partial charge on any atom is 0.332 e. The summed E-state index contributed by atoms with van der Waals surface area (Å²) in [4.78, 5) is 31.3. The Balaban J connectivity index is 0.000000159. The number of fused-ring (bicyclic) bond motifs is 4. The molecule has 2 fully saturated rings. The molecule has 6 aliphatic rings. The molecule has 2 amide bonds. The standard InChI is InChI=1S/C20H29N3O4S.C13H13NO.C7H16N2O3S/c1-2-23-9-10-27-16(12-23)13-28(25,26)22-20(24)21-19-17-7-3-5-14(17)11-15-6-4-8-18(15)19;15-8-14-13-11-5-1-3-9(11)7-10-4-2-6-12(10)13;1-2-9-3-4-12-7(5-9)6-13(8,10)11/h11,16H,2-10,12-13H2,1H3,(H2,21,22,24);7H,1-6H2;7H,2-6H2,1H3,(H2,8,10,11). The summed E-state index contributed by atoms with van der Waals surface area (Å²) in [5.41, 5.74) is 12.3. The summed E-state index contributed by atoms with van der Waals surface area (Å²) < 4.78 is 59.6. The number of sulfonamides is 2. The summed E-state index contributed by atoms with van der Waals surface area (Å²) in [6.07, 6.45) is 14.1. The van der Waals surface area contributed by atoms with E-state index < -0.39 is 32.2 Å². The van der Waals surface area contributed by atoms with Crippen LogP contribution >= 0.6 is 0 Å². The van der Waals surface area contributed by atoms with Gasteiger partial charge in [-0.1, -0.05) is 26.0 Å². The van der Waals surface area contributed by atoms with E-state index in [9.17, 15) is 26.4 Å². The molecule has 0 saturated carbocycles. The van der Waals surface area contributed by atoms with E-state index in [2.05, 4.69) is 37.0 Å². The number of hydrogen-bond acceptors (Lipinski definition) is 11. The monoisotopic (exact) mass is 814 g/mol. The zero-order valence-corrected chi connectivity index (χ0v) is 34.5. The Bertz CT molecular complexity index is 1950. The minimum atomic E-state index is -3.77. The third-order valence-electron chi connectivity index (χ3n) is 11.7. The molecule has 14 nitrogen and oxygen atoms in total. The fourth-order valence-electron chi connectivity index (χ4n) is 9.10. The van der Waals surface area contributed by atoms with Crippen molar-refractivity contribution in [2.24, 2.45) is 10.1 Å². The van der Waals surface area contributed by atoms with Gasteiger partial charge >= 0.3 is 6.03 Å². The highest BCUT2D eigenvalue weighted by Gasteiger charge is 2.29. The number of likely N-dealkylation sites (N-methyl/N-ethyl adjacent to an activating group) is 2. The van der Waals surface area contributed by atoms with Crippen LogP contribution in [0.1, 0.15) is 84.0 Å². The Labute approximate surface area is 332 Å². The highest BCUT2D eigenvalue weighted by atomic mass is 32.2. The molecular formula is C40H58N6O8S2. The molecule has 56 heavy (non-hydrogen) atoms. The van der Waals surface area contributed by atoms with Gasteiger partial charge in [0.1, 0.15) is 0 Å². The summed E-state index contributed by atoms with van der Waals surface area (Å²) >= 11 is 0. The van der Waals surface area contributed by atoms with Crippen molar-refractivity contribution < 1.29 is 35.9 Å². The van der Waals surface area contributed by atoms with E-state index in [4.69, 9.17) is 14.6 Å². The second-order valence-corrected chi connectivity index (χ2v) is 19.0. The number of carbonyl (C=O) groups excluding carboxylic acids is 2. The van der Waals surface area contributed by atoms with Crippen LogP contribution in [-0.2, 0) is 85.7 Å². The number of nitrogens with two attached hydrogens (primary N) is 1. The van der Waals surface area contributed by atoms with Crippen molar-refractivity contribution in [1.29, 1.82) is 0 Å². The molecule has 2 unspecified atom stereocenters. The minimum Gasteiger partial charge on any atom is -0.374 e. The molecule has 0 spiro atoms. The topological polar surface area (TPSA) is 190 Å². The zero-order valence-electron chi connectivity index (χ0n) is 32.9. The van der Waals surface area contributed by atoms with Crippen LogP contribution in [-0.4, -0.2) is 115 Å². The quantitative estimate of drug-likeness (QED) is 0.250. The number of aliphatic imine (C=N–C) groups is 1. The average molecular weight is 815 g/mol. The number of anilines is 1. The van der Waals surface area contributed by atoms with E-state index in [0.29, 0.717) is 26.3 Å². The average Bonchev–Trinajstić information content (AvgIpc) is 3.99. The summed E-state index contributed by atoms with van der Waals surface area (Å²) in [5.74, 6) is -0.286. The van der Waals surface area contributed by atoms with Gasteiger partial charge in [-0.25, -0.2) is 36.3 Å². The number of aryl methyl sites for hydroxylation is 4. The Morgan fingerprint density at radius 1 is 0.750 bits per heavy atom. The molecule has 2 saturated heterocycles. The normalized spacial score (nSPS) is 21.6. The maximum absolute atomic E-state index is 12.5. The number of rotatable bonds is 9. The lowest BCUT2D eigenvalue weighted by molar-refractivity contribution is -0.0146. The number of hydrogen-bond donors (Lipinski definition) is 3. The van der Waals surface area contributed by atoms with E-state index >= 15 is 0 Å². The second kappa shape index (κ2) is 19.0. The molecule has 2 atom stereocenters. The van der Waals surface area contributed by atoms with Gasteiger partial charge in [-0.3, -0.25) is 9.80 Å². The smallest absolute Gasteiger partial charge is 0.332 e. The molecule has 2 heterocycles. The fraction of sp³-hybridized carbons (Fsp3) is 0.650. The van der Waals surface area contributed by atoms with Crippen LogP contribution in [0.2, 0.25) is 0 Å². The van der Waals surface area contributed by atoms with Gasteiger partial charge in [0, 0.05) is 31.9 Å². The van der Waals surface area contributed by atoms with E-state index in [-0.39, 0.29) is 17.6 Å². The number of nitrogens with zero attached hydrogens (tertiary/aromatic N) is 3. The molecule has 0 aromatic heterocycles. The first-order valence-electron chi connectivity index (χ1n) is 20.3. The molecule has 2 aromatic rings. The minimum absolute atomic E-state index is 0.0799. The van der Waals surface area contributed by atoms with E-state index in [1.807, 2.05) is 13.8 Å². The first kappa shape index (κ1) is 42.4. The summed E-state index contributed by atoms with van der Waals surface area (Å²) in [5, 5.41) is 7.80. The molecule has 4 aliphatic carbocycles. The highest BCUT2D eigenvalue weighted by Crippen LogP contribution is 2.40. The molecule has 16 heteroatoms. The number of primary sulfonamides is 1. The summed E-state index contributed by atoms with van der Waals surface area (Å²) in [6, 6.07) is 3.95. The Hall–Kier alpha value is -3.21. The highest BCUT2D eigenvalue weighted by molar-refractivity contribution is 7.90. The van der Waals surface area contributed by atoms with Crippen molar-refractivity contribution in [2.45, 2.75) is 103 Å². The van der Waals surface area contributed by atoms with Crippen molar-refractivity contribution in [3.8, 4) is 0 Å². The van der Waals surface area contributed by atoms with Gasteiger partial charge in [0.05, 0.1) is 42.6 Å². The van der Waals surface area contributed by atoms with Crippen LogP contribution in [0.4, 0.5) is 16.2 Å². The van der Waals surface area contributed by atoms with Gasteiger partial charge < -0.3 is 14.8 Å². The first-order valence-corrected chi connectivity index (χ1v) is 23.6. The predicted octanol–water partition coefficient (Wildman–Crippen LogP) is 3.46. The number of isocyanates is 1. The van der Waals surface area contributed by atoms with Crippen LogP contribution < -0.4 is 15.2 Å². The number of amides is 2. The Kier molecular flexibility index (Phi) is 14.4. The van der Waals surface area contributed by atoms with Crippen molar-refractivity contribution >= 4 is 43.5 Å². The lowest BCUT2D eigenvalue weighted by atomic mass is 9.99. The van der Waals surface area contributed by atoms with Gasteiger partial charge in [0.15, 0.2) is 0 Å². The van der Waals surface area contributed by atoms with Gasteiger partial charge in [-0.2, -0.15) is 4.99 Å². The van der Waals surface area contributed by atoms with E-state index in [1.165, 1.54) is 57.3 Å². The van der Waals surface area contributed by atoms with Gasteiger partial charge in [0.25, 0.3) is 0 Å². The number of ether oxygens (including phenoxy) is 2. The van der Waals surface area contributed by atoms with E-state index in [0.717, 1.165) is 102 Å². The molecule has 4 N–H and O–H groups in total. The zero-order chi connectivity index (χ0) is 39.9. The van der Waals surface area contributed by atoms with Gasteiger partial charge in [0.2, 0.25) is 26.1 Å². The molecule has 8 rings (SSSR count). The largest absolute Gasteiger partial charge is 0.374 e. The lowest BCUT2D eigenvalue weighted by Gasteiger charge is -2.31. The van der Waals surface area contributed by atoms with Gasteiger partial charge in [-0.15, -0.1) is 0 Å². The van der Waals surface area contributed by atoms with Crippen molar-refractivity contribution in [3.05, 3.63) is 56.6 Å². The third-order valence-corrected chi connectivity index (χ3v) is 13.9. The second-order valence-electron chi connectivity index (χ2n) is 15.6. The molecule has 308 valence electrons. The number of nitrogens with one attached hydrogen (secondary N) is 2. The predicted molar refractivity (Wildman–Crippen MR) is 216 cm³/mol. The maximum atomic E-state index is 12.5. The van der Waals surface area contributed by atoms with Crippen LogP contribution in [0.5, 0.6) is 0 Å². The van der Waals surface area contributed by atoms with Crippen LogP contribution in [0.15, 0.2) is 17.1 Å². The molecular weight excluding hydrogens is 757 g/mol. The van der Waals surface area contributed by atoms with Crippen molar-refractivity contribution in [3.63, 3.8) is 0 Å². The van der Waals surface area contributed by atoms with Crippen molar-refractivity contribution in [1.82, 2.24) is 14.5 Å². The number of benzene rings is 2. The summed E-state index contributed by atoms with van der Waals surface area (Å²) in [6.45, 7) is 9.88.